The smallest absolute Gasteiger partial charge is 0.416 e. The van der Waals surface area contributed by atoms with Crippen LogP contribution in [0.2, 0.25) is 0 Å². The quantitative estimate of drug-likeness (QED) is 0.185. The van der Waals surface area contributed by atoms with E-state index in [4.69, 9.17) is 4.74 Å². The zero-order valence-corrected chi connectivity index (χ0v) is 28.2. The summed E-state index contributed by atoms with van der Waals surface area (Å²) in [7, 11) is 0. The first kappa shape index (κ1) is 38.5. The lowest BCUT2D eigenvalue weighted by Crippen LogP contribution is -3.00. The van der Waals surface area contributed by atoms with Gasteiger partial charge in [-0.15, -0.1) is 0 Å². The highest BCUT2D eigenvalue weighted by Crippen LogP contribution is 2.68. The second-order valence-corrected chi connectivity index (χ2v) is 14.0. The summed E-state index contributed by atoms with van der Waals surface area (Å²) in [5, 5.41) is 0. The number of rotatable bonds is 6. The molecule has 0 radical (unpaired) electrons. The first-order valence-electron chi connectivity index (χ1n) is 15.6. The standard InChI is InChI=1S/C35H32F12NO.BrH/c1-20-16-48(17-21-10-24(32(36,37)38)14-25(11-21)33(39,40)41)19-31(23-6-4-3-5-7-23,29-9-8-28(20)30(29,48)2)49-18-22-12-26(34(42,43)44)15-27(13-22)35(45,46)47;/h3-7,10-15,20,28-29H,8-9,16-19H2,1-2H3;1H/q+1;/p-1/t20-,28+,29+,30-,31+,48-;/m1./s1. The van der Waals surface area contributed by atoms with Gasteiger partial charge in [0.2, 0.25) is 0 Å². The van der Waals surface area contributed by atoms with Crippen LogP contribution in [0, 0.1) is 17.8 Å². The summed E-state index contributed by atoms with van der Waals surface area (Å²) in [6.07, 6.45) is -19.1. The summed E-state index contributed by atoms with van der Waals surface area (Å²) < 4.78 is 172. The molecule has 50 heavy (non-hydrogen) atoms. The van der Waals surface area contributed by atoms with E-state index >= 15 is 0 Å². The molecule has 3 aromatic rings. The molecule has 6 rings (SSSR count). The molecule has 6 atom stereocenters. The molecule has 2 aliphatic heterocycles. The van der Waals surface area contributed by atoms with Gasteiger partial charge in [-0.2, -0.15) is 52.7 Å². The van der Waals surface area contributed by atoms with E-state index in [9.17, 15) is 52.7 Å². The molecular weight excluding hydrogens is 758 g/mol. The molecule has 3 aliphatic rings. The maximum Gasteiger partial charge on any atom is 0.416 e. The Morgan fingerprint density at radius 1 is 0.680 bits per heavy atom. The number of alkyl halides is 12. The number of halogens is 13. The monoisotopic (exact) mass is 789 g/mol. The first-order chi connectivity index (χ1) is 22.5. The van der Waals surface area contributed by atoms with E-state index in [-0.39, 0.29) is 69.6 Å². The molecule has 0 spiro atoms. The molecule has 15 heteroatoms. The molecule has 0 bridgehead atoms. The molecule has 0 N–H and O–H groups in total. The average molecular weight is 791 g/mol. The third-order valence-corrected chi connectivity index (χ3v) is 11.2. The van der Waals surface area contributed by atoms with Gasteiger partial charge in [0.05, 0.1) is 41.3 Å². The SMILES string of the molecule is C[C@@H]1C[N@@+]2(Cc3cc(C(F)(F)F)cc(C(F)(F)F)c3)C[C@](OCc3cc(C(F)(F)F)cc(C(F)(F)F)c3)(c3ccccc3)[C@H]3CC[C@@H]1[C@]32C.[Br-]. The molecule has 2 nitrogen and oxygen atoms in total. The second-order valence-electron chi connectivity index (χ2n) is 14.0. The zero-order valence-electron chi connectivity index (χ0n) is 26.6. The van der Waals surface area contributed by atoms with Gasteiger partial charge < -0.3 is 26.2 Å². The predicted octanol–water partition coefficient (Wildman–Crippen LogP) is 7.64. The Morgan fingerprint density at radius 3 is 1.60 bits per heavy atom. The van der Waals surface area contributed by atoms with Gasteiger partial charge >= 0.3 is 24.7 Å². The molecule has 0 aromatic heterocycles. The Morgan fingerprint density at radius 2 is 1.14 bits per heavy atom. The summed E-state index contributed by atoms with van der Waals surface area (Å²) in [6, 6.07) is 11.3. The molecule has 3 aromatic carbocycles. The summed E-state index contributed by atoms with van der Waals surface area (Å²) in [6.45, 7) is 3.45. The van der Waals surface area contributed by atoms with Crippen LogP contribution >= 0.6 is 0 Å². The minimum absolute atomic E-state index is 0. The van der Waals surface area contributed by atoms with E-state index in [1.165, 1.54) is 0 Å². The fourth-order valence-electron chi connectivity index (χ4n) is 9.42. The van der Waals surface area contributed by atoms with Crippen molar-refractivity contribution in [1.82, 2.24) is 0 Å². The van der Waals surface area contributed by atoms with Crippen molar-refractivity contribution >= 4 is 0 Å². The minimum Gasteiger partial charge on any atom is -1.00 e. The van der Waals surface area contributed by atoms with Crippen LogP contribution in [0.25, 0.3) is 0 Å². The largest absolute Gasteiger partial charge is 1.00 e. The van der Waals surface area contributed by atoms with Crippen molar-refractivity contribution in [1.29, 1.82) is 0 Å². The van der Waals surface area contributed by atoms with Gasteiger partial charge in [-0.3, -0.25) is 0 Å². The third-order valence-electron chi connectivity index (χ3n) is 11.2. The second kappa shape index (κ2) is 12.4. The summed E-state index contributed by atoms with van der Waals surface area (Å²) in [5.74, 6) is -0.419. The summed E-state index contributed by atoms with van der Waals surface area (Å²) >= 11 is 0. The van der Waals surface area contributed by atoms with Crippen molar-refractivity contribution in [3.8, 4) is 0 Å². The maximum absolute atomic E-state index is 13.9. The van der Waals surface area contributed by atoms with Crippen LogP contribution in [0.5, 0.6) is 0 Å². The highest BCUT2D eigenvalue weighted by Gasteiger charge is 2.78. The van der Waals surface area contributed by atoms with E-state index in [1.807, 2.05) is 13.8 Å². The third kappa shape index (κ3) is 6.44. The number of nitrogens with zero attached hydrogens (tertiary/aromatic N) is 1. The van der Waals surface area contributed by atoms with Gasteiger partial charge in [-0.1, -0.05) is 37.3 Å². The summed E-state index contributed by atoms with van der Waals surface area (Å²) in [5.41, 5.74) is -7.98. The van der Waals surface area contributed by atoms with Gasteiger partial charge in [0.1, 0.15) is 18.6 Å². The van der Waals surface area contributed by atoms with Gasteiger partial charge in [0.25, 0.3) is 0 Å². The minimum atomic E-state index is -5.08. The Bertz CT molecular complexity index is 1660. The van der Waals surface area contributed by atoms with E-state index in [0.29, 0.717) is 37.1 Å². The highest BCUT2D eigenvalue weighted by atomic mass is 79.9. The van der Waals surface area contributed by atoms with Crippen LogP contribution in [-0.4, -0.2) is 23.1 Å². The molecule has 3 fully saturated rings. The Hall–Kier alpha value is -2.78. The molecule has 1 aliphatic carbocycles. The first-order valence-corrected chi connectivity index (χ1v) is 15.6. The Kier molecular flexibility index (Phi) is 9.55. The van der Waals surface area contributed by atoms with Crippen LogP contribution in [-0.2, 0) is 48.2 Å². The van der Waals surface area contributed by atoms with Crippen LogP contribution in [0.4, 0.5) is 52.7 Å². The summed E-state index contributed by atoms with van der Waals surface area (Å²) in [4.78, 5) is 0. The van der Waals surface area contributed by atoms with Crippen LogP contribution < -0.4 is 17.0 Å². The fraction of sp³-hybridized carbons (Fsp3) is 0.486. The molecular formula is C35H32BrF12NO. The number of quaternary nitrogens is 1. The highest BCUT2D eigenvalue weighted by molar-refractivity contribution is 5.36. The van der Waals surface area contributed by atoms with Crippen molar-refractivity contribution in [3.05, 3.63) is 106 Å². The predicted molar refractivity (Wildman–Crippen MR) is 153 cm³/mol. The van der Waals surface area contributed by atoms with E-state index in [1.54, 1.807) is 30.3 Å². The average Bonchev–Trinajstić information content (AvgIpc) is 3.53. The Labute approximate surface area is 290 Å². The zero-order chi connectivity index (χ0) is 36.0. The lowest BCUT2D eigenvalue weighted by atomic mass is 9.73. The van der Waals surface area contributed by atoms with Crippen molar-refractivity contribution in [2.45, 2.75) is 75.7 Å². The van der Waals surface area contributed by atoms with E-state index in [0.717, 1.165) is 12.1 Å². The van der Waals surface area contributed by atoms with Crippen molar-refractivity contribution in [3.63, 3.8) is 0 Å². The van der Waals surface area contributed by atoms with Gasteiger partial charge in [-0.25, -0.2) is 0 Å². The number of hydrogen-bond acceptors (Lipinski definition) is 1. The number of ether oxygens (including phenoxy) is 1. The van der Waals surface area contributed by atoms with Crippen LogP contribution in [0.1, 0.15) is 65.6 Å². The lowest BCUT2D eigenvalue weighted by Gasteiger charge is -2.43. The number of hydrogen-bond donors (Lipinski definition) is 0. The number of benzene rings is 3. The van der Waals surface area contributed by atoms with Gasteiger partial charge in [0, 0.05) is 17.4 Å². The van der Waals surface area contributed by atoms with Gasteiger partial charge in [0.15, 0.2) is 5.60 Å². The van der Waals surface area contributed by atoms with Gasteiger partial charge in [-0.05, 0) is 67.3 Å². The molecule has 2 heterocycles. The normalized spacial score (nSPS) is 29.6. The van der Waals surface area contributed by atoms with Crippen LogP contribution in [0.3, 0.4) is 0 Å². The van der Waals surface area contributed by atoms with Crippen molar-refractivity contribution in [2.24, 2.45) is 17.8 Å². The molecule has 1 saturated carbocycles. The molecule has 0 amide bonds. The molecule has 2 saturated heterocycles. The topological polar surface area (TPSA) is 9.23 Å². The van der Waals surface area contributed by atoms with E-state index < -0.39 is 70.6 Å². The molecule has 274 valence electrons. The van der Waals surface area contributed by atoms with Crippen molar-refractivity contribution in [2.75, 3.05) is 13.1 Å². The Balaban J connectivity index is 0.00000486. The van der Waals surface area contributed by atoms with Crippen molar-refractivity contribution < 1.29 is 78.9 Å². The molecule has 0 unspecified atom stereocenters. The lowest BCUT2D eigenvalue weighted by molar-refractivity contribution is -0.968. The maximum atomic E-state index is 13.9. The van der Waals surface area contributed by atoms with Crippen LogP contribution in [0.15, 0.2) is 66.7 Å². The van der Waals surface area contributed by atoms with E-state index in [2.05, 4.69) is 0 Å². The fourth-order valence-corrected chi connectivity index (χ4v) is 9.42.